The molecule has 0 unspecified atom stereocenters. The predicted octanol–water partition coefficient (Wildman–Crippen LogP) is 3.71. The SMILES string of the molecule is Fc1ccc(C2CCN(c3nncs3)CC2)c(Cl)c1. The van der Waals surface area contributed by atoms with Gasteiger partial charge in [0.2, 0.25) is 5.13 Å². The zero-order valence-electron chi connectivity index (χ0n) is 10.2. The third kappa shape index (κ3) is 2.72. The molecule has 6 heteroatoms. The highest BCUT2D eigenvalue weighted by molar-refractivity contribution is 7.13. The molecule has 1 aliphatic heterocycles. The van der Waals surface area contributed by atoms with E-state index in [2.05, 4.69) is 15.1 Å². The molecule has 0 amide bonds. The van der Waals surface area contributed by atoms with Crippen molar-refractivity contribution < 1.29 is 4.39 Å². The average molecular weight is 298 g/mol. The van der Waals surface area contributed by atoms with E-state index in [1.807, 2.05) is 6.07 Å². The van der Waals surface area contributed by atoms with E-state index >= 15 is 0 Å². The molecule has 3 nitrogen and oxygen atoms in total. The van der Waals surface area contributed by atoms with Crippen LogP contribution in [0.4, 0.5) is 9.52 Å². The second kappa shape index (κ2) is 5.43. The first-order valence-corrected chi connectivity index (χ1v) is 7.46. The number of rotatable bonds is 2. The first-order valence-electron chi connectivity index (χ1n) is 6.20. The molecule has 1 aliphatic rings. The minimum Gasteiger partial charge on any atom is -0.347 e. The van der Waals surface area contributed by atoms with E-state index in [1.165, 1.54) is 12.1 Å². The van der Waals surface area contributed by atoms with Crippen LogP contribution in [0.25, 0.3) is 0 Å². The summed E-state index contributed by atoms with van der Waals surface area (Å²) in [6.45, 7) is 1.88. The van der Waals surface area contributed by atoms with E-state index < -0.39 is 0 Å². The molecule has 0 bridgehead atoms. The Morgan fingerprint density at radius 3 is 2.74 bits per heavy atom. The Morgan fingerprint density at radius 2 is 2.11 bits per heavy atom. The molecule has 19 heavy (non-hydrogen) atoms. The van der Waals surface area contributed by atoms with Crippen molar-refractivity contribution in [3.05, 3.63) is 40.1 Å². The van der Waals surface area contributed by atoms with Gasteiger partial charge in [-0.3, -0.25) is 0 Å². The summed E-state index contributed by atoms with van der Waals surface area (Å²) in [6, 6.07) is 4.69. The number of hydrogen-bond acceptors (Lipinski definition) is 4. The minimum atomic E-state index is -0.278. The van der Waals surface area contributed by atoms with Gasteiger partial charge in [-0.25, -0.2) is 4.39 Å². The van der Waals surface area contributed by atoms with E-state index in [0.717, 1.165) is 36.6 Å². The highest BCUT2D eigenvalue weighted by atomic mass is 35.5. The van der Waals surface area contributed by atoms with Gasteiger partial charge >= 0.3 is 0 Å². The molecule has 2 aromatic rings. The van der Waals surface area contributed by atoms with Crippen LogP contribution in [0.2, 0.25) is 5.02 Å². The molecule has 0 saturated carbocycles. The van der Waals surface area contributed by atoms with Gasteiger partial charge in [-0.2, -0.15) is 0 Å². The normalized spacial score (nSPS) is 16.8. The summed E-state index contributed by atoms with van der Waals surface area (Å²) in [4.78, 5) is 2.24. The maximum Gasteiger partial charge on any atom is 0.208 e. The highest BCUT2D eigenvalue weighted by Gasteiger charge is 2.23. The van der Waals surface area contributed by atoms with Gasteiger partial charge in [-0.15, -0.1) is 10.2 Å². The third-order valence-electron chi connectivity index (χ3n) is 3.52. The van der Waals surface area contributed by atoms with Gasteiger partial charge < -0.3 is 4.90 Å². The Labute approximate surface area is 120 Å². The van der Waals surface area contributed by atoms with E-state index in [-0.39, 0.29) is 5.82 Å². The van der Waals surface area contributed by atoms with Crippen LogP contribution in [0.5, 0.6) is 0 Å². The molecule has 2 heterocycles. The van der Waals surface area contributed by atoms with Crippen molar-refractivity contribution >= 4 is 28.1 Å². The summed E-state index contributed by atoms with van der Waals surface area (Å²) in [7, 11) is 0. The van der Waals surface area contributed by atoms with Crippen LogP contribution >= 0.6 is 22.9 Å². The maximum absolute atomic E-state index is 13.1. The topological polar surface area (TPSA) is 29.0 Å². The van der Waals surface area contributed by atoms with Gasteiger partial charge in [-0.1, -0.05) is 29.0 Å². The zero-order valence-corrected chi connectivity index (χ0v) is 11.8. The Bertz CT molecular complexity index is 553. The quantitative estimate of drug-likeness (QED) is 0.846. The van der Waals surface area contributed by atoms with Crippen LogP contribution in [0, 0.1) is 5.82 Å². The molecular weight excluding hydrogens is 285 g/mol. The van der Waals surface area contributed by atoms with Crippen molar-refractivity contribution in [3.8, 4) is 0 Å². The summed E-state index contributed by atoms with van der Waals surface area (Å²) in [5.41, 5.74) is 2.80. The summed E-state index contributed by atoms with van der Waals surface area (Å²) >= 11 is 7.68. The van der Waals surface area contributed by atoms with Crippen molar-refractivity contribution in [2.75, 3.05) is 18.0 Å². The Balaban J connectivity index is 1.70. The smallest absolute Gasteiger partial charge is 0.208 e. The van der Waals surface area contributed by atoms with Crippen LogP contribution in [0.15, 0.2) is 23.7 Å². The van der Waals surface area contributed by atoms with Crippen LogP contribution < -0.4 is 4.90 Å². The molecule has 100 valence electrons. The minimum absolute atomic E-state index is 0.278. The first-order chi connectivity index (χ1) is 9.24. The molecule has 0 N–H and O–H groups in total. The van der Waals surface area contributed by atoms with Gasteiger partial charge in [0, 0.05) is 18.1 Å². The van der Waals surface area contributed by atoms with E-state index in [0.29, 0.717) is 10.9 Å². The monoisotopic (exact) mass is 297 g/mol. The van der Waals surface area contributed by atoms with Crippen LogP contribution in [-0.2, 0) is 0 Å². The highest BCUT2D eigenvalue weighted by Crippen LogP contribution is 2.34. The molecule has 0 spiro atoms. The lowest BCUT2D eigenvalue weighted by atomic mass is 9.89. The average Bonchev–Trinajstić information content (AvgIpc) is 2.93. The van der Waals surface area contributed by atoms with Crippen LogP contribution in [0.3, 0.4) is 0 Å². The van der Waals surface area contributed by atoms with Crippen molar-refractivity contribution in [2.45, 2.75) is 18.8 Å². The van der Waals surface area contributed by atoms with Crippen LogP contribution in [-0.4, -0.2) is 23.3 Å². The standard InChI is InChI=1S/C13H13ClFN3S/c14-12-7-10(15)1-2-11(12)9-3-5-18(6-4-9)13-17-16-8-19-13/h1-2,7-9H,3-6H2. The van der Waals surface area contributed by atoms with Crippen molar-refractivity contribution in [2.24, 2.45) is 0 Å². The van der Waals surface area contributed by atoms with Gasteiger partial charge in [-0.05, 0) is 36.5 Å². The van der Waals surface area contributed by atoms with E-state index in [4.69, 9.17) is 11.6 Å². The number of benzene rings is 1. The second-order valence-corrected chi connectivity index (χ2v) is 5.87. The first kappa shape index (κ1) is 12.8. The van der Waals surface area contributed by atoms with E-state index in [9.17, 15) is 4.39 Å². The largest absolute Gasteiger partial charge is 0.347 e. The Kier molecular flexibility index (Phi) is 3.66. The fourth-order valence-corrected chi connectivity index (χ4v) is 3.46. The number of halogens is 2. The molecule has 1 fully saturated rings. The maximum atomic E-state index is 13.1. The lowest BCUT2D eigenvalue weighted by Crippen LogP contribution is -2.32. The lowest BCUT2D eigenvalue weighted by molar-refractivity contribution is 0.503. The lowest BCUT2D eigenvalue weighted by Gasteiger charge is -2.32. The van der Waals surface area contributed by atoms with Crippen LogP contribution in [0.1, 0.15) is 24.3 Å². The van der Waals surface area contributed by atoms with Gasteiger partial charge in [0.25, 0.3) is 0 Å². The Hall–Kier alpha value is -1.20. The van der Waals surface area contributed by atoms with E-state index in [1.54, 1.807) is 16.8 Å². The fraction of sp³-hybridized carbons (Fsp3) is 0.385. The summed E-state index contributed by atoms with van der Waals surface area (Å²) in [5, 5.41) is 9.46. The molecule has 1 aromatic carbocycles. The molecule has 1 saturated heterocycles. The van der Waals surface area contributed by atoms with Crippen molar-refractivity contribution in [1.82, 2.24) is 10.2 Å². The third-order valence-corrected chi connectivity index (χ3v) is 4.59. The molecule has 0 atom stereocenters. The van der Waals surface area contributed by atoms with Crippen molar-refractivity contribution in [3.63, 3.8) is 0 Å². The van der Waals surface area contributed by atoms with Gasteiger partial charge in [0.1, 0.15) is 11.3 Å². The number of piperidine rings is 1. The van der Waals surface area contributed by atoms with Crippen molar-refractivity contribution in [1.29, 1.82) is 0 Å². The van der Waals surface area contributed by atoms with Gasteiger partial charge in [0.05, 0.1) is 0 Å². The summed E-state index contributed by atoms with van der Waals surface area (Å²) in [6.07, 6.45) is 2.01. The molecule has 1 aromatic heterocycles. The fourth-order valence-electron chi connectivity index (χ4n) is 2.52. The number of aromatic nitrogens is 2. The molecular formula is C13H13ClFN3S. The zero-order chi connectivity index (χ0) is 13.2. The predicted molar refractivity (Wildman–Crippen MR) is 75.5 cm³/mol. The number of nitrogens with zero attached hydrogens (tertiary/aromatic N) is 3. The summed E-state index contributed by atoms with van der Waals surface area (Å²) < 4.78 is 13.1. The molecule has 0 aliphatic carbocycles. The molecule has 0 radical (unpaired) electrons. The Morgan fingerprint density at radius 1 is 1.32 bits per heavy atom. The number of anilines is 1. The number of hydrogen-bond donors (Lipinski definition) is 0. The molecule has 3 rings (SSSR count). The summed E-state index contributed by atoms with van der Waals surface area (Å²) in [5.74, 6) is 0.123. The second-order valence-electron chi connectivity index (χ2n) is 4.65. The van der Waals surface area contributed by atoms with Gasteiger partial charge in [0.15, 0.2) is 0 Å².